The van der Waals surface area contributed by atoms with Gasteiger partial charge in [-0.05, 0) is 31.1 Å². The van der Waals surface area contributed by atoms with Crippen LogP contribution in [0.2, 0.25) is 0 Å². The molecule has 4 nitrogen and oxygen atoms in total. The van der Waals surface area contributed by atoms with E-state index in [1.807, 2.05) is 68.5 Å². The summed E-state index contributed by atoms with van der Waals surface area (Å²) in [7, 11) is 1.38. The first-order valence-corrected chi connectivity index (χ1v) is 8.54. The lowest BCUT2D eigenvalue weighted by Crippen LogP contribution is -2.28. The minimum atomic E-state index is -0.596. The quantitative estimate of drug-likeness (QED) is 0.660. The van der Waals surface area contributed by atoms with Gasteiger partial charge in [-0.15, -0.1) is 0 Å². The van der Waals surface area contributed by atoms with Gasteiger partial charge in [-0.2, -0.15) is 0 Å². The van der Waals surface area contributed by atoms with E-state index in [2.05, 4.69) is 0 Å². The summed E-state index contributed by atoms with van der Waals surface area (Å²) >= 11 is 0. The highest BCUT2D eigenvalue weighted by Gasteiger charge is 2.22. The summed E-state index contributed by atoms with van der Waals surface area (Å²) in [6.07, 6.45) is 8.55. The summed E-state index contributed by atoms with van der Waals surface area (Å²) in [4.78, 5) is 11.9. The average molecular weight is 342 g/mol. The first-order chi connectivity index (χ1) is 12.1. The third-order valence-corrected chi connectivity index (χ3v) is 3.72. The van der Waals surface area contributed by atoms with E-state index in [0.717, 1.165) is 23.3 Å². The van der Waals surface area contributed by atoms with Crippen molar-refractivity contribution in [3.8, 4) is 0 Å². The Labute approximate surface area is 149 Å². The molecule has 0 aliphatic heterocycles. The van der Waals surface area contributed by atoms with Crippen LogP contribution in [0.5, 0.6) is 0 Å². The van der Waals surface area contributed by atoms with E-state index in [9.17, 15) is 4.79 Å². The average Bonchev–Trinajstić information content (AvgIpc) is 2.84. The monoisotopic (exact) mass is 342 g/mol. The molecule has 0 amide bonds. The number of allylic oxidation sites excluding steroid dienone is 4. The van der Waals surface area contributed by atoms with Gasteiger partial charge in [0.1, 0.15) is 12.4 Å². The Hall–Kier alpha value is -2.33. The standard InChI is InChI=1S/C21H26O4/c1-16(2)25-20(21(22)23-3)14-17-10-7-11-19(13-12-17)24-15-18-8-5-4-6-9-18/h4-10,12-13,16,20H,11,14-15H2,1-3H3/t20-/m0/s1. The maximum absolute atomic E-state index is 11.9. The highest BCUT2D eigenvalue weighted by atomic mass is 16.6. The summed E-state index contributed by atoms with van der Waals surface area (Å²) in [5.41, 5.74) is 2.14. The minimum Gasteiger partial charge on any atom is -0.493 e. The fourth-order valence-electron chi connectivity index (χ4n) is 2.50. The van der Waals surface area contributed by atoms with E-state index < -0.39 is 6.10 Å². The van der Waals surface area contributed by atoms with Crippen LogP contribution in [0.3, 0.4) is 0 Å². The molecule has 0 heterocycles. The Kier molecular flexibility index (Phi) is 7.48. The molecule has 0 saturated heterocycles. The largest absolute Gasteiger partial charge is 0.493 e. The molecule has 1 aromatic rings. The van der Waals surface area contributed by atoms with Crippen LogP contribution < -0.4 is 0 Å². The van der Waals surface area contributed by atoms with Gasteiger partial charge in [0.2, 0.25) is 0 Å². The fourth-order valence-corrected chi connectivity index (χ4v) is 2.50. The Balaban J connectivity index is 1.98. The molecule has 0 spiro atoms. The number of hydrogen-bond acceptors (Lipinski definition) is 4. The number of methoxy groups -OCH3 is 1. The Morgan fingerprint density at radius 2 is 1.92 bits per heavy atom. The van der Waals surface area contributed by atoms with Crippen LogP contribution in [0.25, 0.3) is 0 Å². The van der Waals surface area contributed by atoms with Crippen LogP contribution >= 0.6 is 0 Å². The molecule has 1 atom stereocenters. The Morgan fingerprint density at radius 1 is 1.16 bits per heavy atom. The first-order valence-electron chi connectivity index (χ1n) is 8.54. The molecule has 0 saturated carbocycles. The van der Waals surface area contributed by atoms with Crippen LogP contribution in [0.4, 0.5) is 0 Å². The van der Waals surface area contributed by atoms with Crippen molar-refractivity contribution in [2.45, 2.75) is 45.5 Å². The van der Waals surface area contributed by atoms with Crippen LogP contribution in [0.1, 0.15) is 32.3 Å². The summed E-state index contributed by atoms with van der Waals surface area (Å²) in [5.74, 6) is 0.547. The molecule has 0 N–H and O–H groups in total. The third-order valence-electron chi connectivity index (χ3n) is 3.72. The molecular weight excluding hydrogens is 316 g/mol. The van der Waals surface area contributed by atoms with Crippen molar-refractivity contribution < 1.29 is 19.0 Å². The summed E-state index contributed by atoms with van der Waals surface area (Å²) in [5, 5.41) is 0. The van der Waals surface area contributed by atoms with Crippen molar-refractivity contribution in [2.24, 2.45) is 0 Å². The predicted molar refractivity (Wildman–Crippen MR) is 97.8 cm³/mol. The second-order valence-electron chi connectivity index (χ2n) is 6.16. The number of rotatable bonds is 8. The van der Waals surface area contributed by atoms with Crippen molar-refractivity contribution in [1.29, 1.82) is 0 Å². The Morgan fingerprint density at radius 3 is 2.60 bits per heavy atom. The number of carbonyl (C=O) groups excluding carboxylic acids is 1. The number of esters is 1. The molecule has 0 radical (unpaired) electrons. The maximum atomic E-state index is 11.9. The van der Waals surface area contributed by atoms with Gasteiger partial charge in [0.15, 0.2) is 6.10 Å². The molecule has 0 fully saturated rings. The van der Waals surface area contributed by atoms with Gasteiger partial charge < -0.3 is 14.2 Å². The molecule has 25 heavy (non-hydrogen) atoms. The van der Waals surface area contributed by atoms with Crippen LogP contribution in [-0.4, -0.2) is 25.3 Å². The molecule has 134 valence electrons. The number of hydrogen-bond donors (Lipinski definition) is 0. The van der Waals surface area contributed by atoms with Gasteiger partial charge in [0, 0.05) is 12.8 Å². The van der Waals surface area contributed by atoms with Crippen molar-refractivity contribution in [1.82, 2.24) is 0 Å². The molecule has 0 bridgehead atoms. The lowest BCUT2D eigenvalue weighted by Gasteiger charge is -2.18. The SMILES string of the molecule is COC(=O)[C@H](CC1=CC=C(OCc2ccccc2)CC=C1)OC(C)C. The summed E-state index contributed by atoms with van der Waals surface area (Å²) in [6, 6.07) is 10.1. The number of benzene rings is 1. The molecule has 1 aromatic carbocycles. The molecule has 4 heteroatoms. The maximum Gasteiger partial charge on any atom is 0.335 e. The van der Waals surface area contributed by atoms with Gasteiger partial charge in [-0.3, -0.25) is 0 Å². The topological polar surface area (TPSA) is 44.8 Å². The predicted octanol–water partition coefficient (Wildman–Crippen LogP) is 4.33. The minimum absolute atomic E-state index is 0.0419. The second-order valence-corrected chi connectivity index (χ2v) is 6.16. The normalized spacial score (nSPS) is 15.2. The highest BCUT2D eigenvalue weighted by Crippen LogP contribution is 2.19. The van der Waals surface area contributed by atoms with E-state index in [1.54, 1.807) is 0 Å². The van der Waals surface area contributed by atoms with Crippen molar-refractivity contribution >= 4 is 5.97 Å². The lowest BCUT2D eigenvalue weighted by molar-refractivity contribution is -0.156. The van der Waals surface area contributed by atoms with Gasteiger partial charge in [-0.1, -0.05) is 48.6 Å². The zero-order valence-electron chi connectivity index (χ0n) is 15.1. The van der Waals surface area contributed by atoms with Crippen LogP contribution in [0, 0.1) is 0 Å². The third kappa shape index (κ3) is 6.59. The fraction of sp³-hybridized carbons (Fsp3) is 0.381. The van der Waals surface area contributed by atoms with Crippen LogP contribution in [-0.2, 0) is 25.6 Å². The van der Waals surface area contributed by atoms with Gasteiger partial charge in [0.25, 0.3) is 0 Å². The zero-order valence-corrected chi connectivity index (χ0v) is 15.1. The summed E-state index contributed by atoms with van der Waals surface area (Å²) < 4.78 is 16.4. The first kappa shape index (κ1) is 19.0. The second kappa shape index (κ2) is 9.84. The van der Waals surface area contributed by atoms with Crippen LogP contribution in [0.15, 0.2) is 66.0 Å². The molecule has 1 aliphatic rings. The van der Waals surface area contributed by atoms with E-state index in [-0.39, 0.29) is 12.1 Å². The van der Waals surface area contributed by atoms with Gasteiger partial charge >= 0.3 is 5.97 Å². The van der Waals surface area contributed by atoms with E-state index >= 15 is 0 Å². The molecular formula is C21H26O4. The Bertz CT molecular complexity index is 641. The number of ether oxygens (including phenoxy) is 3. The van der Waals surface area contributed by atoms with E-state index in [4.69, 9.17) is 14.2 Å². The van der Waals surface area contributed by atoms with Crippen molar-refractivity contribution in [3.05, 3.63) is 71.5 Å². The van der Waals surface area contributed by atoms with Crippen molar-refractivity contribution in [3.63, 3.8) is 0 Å². The molecule has 0 aromatic heterocycles. The lowest BCUT2D eigenvalue weighted by atomic mass is 10.1. The summed E-state index contributed by atoms with van der Waals surface area (Å²) in [6.45, 7) is 4.36. The molecule has 0 unspecified atom stereocenters. The molecule has 2 rings (SSSR count). The molecule has 1 aliphatic carbocycles. The van der Waals surface area contributed by atoms with E-state index in [0.29, 0.717) is 13.0 Å². The zero-order chi connectivity index (χ0) is 18.1. The highest BCUT2D eigenvalue weighted by molar-refractivity contribution is 5.75. The van der Waals surface area contributed by atoms with Gasteiger partial charge in [-0.25, -0.2) is 4.79 Å². The van der Waals surface area contributed by atoms with E-state index in [1.165, 1.54) is 7.11 Å². The number of carbonyl (C=O) groups is 1. The van der Waals surface area contributed by atoms with Gasteiger partial charge in [0.05, 0.1) is 13.2 Å². The van der Waals surface area contributed by atoms with Crippen molar-refractivity contribution in [2.75, 3.05) is 7.11 Å². The smallest absolute Gasteiger partial charge is 0.335 e.